The monoisotopic (exact) mass is 267 g/mol. The van der Waals surface area contributed by atoms with Gasteiger partial charge in [-0.15, -0.1) is 0 Å². The minimum Gasteiger partial charge on any atom is -0.466 e. The molecule has 0 spiro atoms. The van der Waals surface area contributed by atoms with E-state index in [1.54, 1.807) is 6.92 Å². The van der Waals surface area contributed by atoms with Crippen LogP contribution in [0.2, 0.25) is 0 Å². The number of hydrazine groups is 1. The van der Waals surface area contributed by atoms with Crippen molar-refractivity contribution in [2.75, 3.05) is 12.0 Å². The number of ether oxygens (including phenoxy) is 1. The predicted molar refractivity (Wildman–Crippen MR) is 66.1 cm³/mol. The second-order valence-electron chi connectivity index (χ2n) is 3.46. The number of esters is 1. The van der Waals surface area contributed by atoms with Crippen molar-refractivity contribution in [1.82, 2.24) is 5.43 Å². The van der Waals surface area contributed by atoms with Gasteiger partial charge in [0.15, 0.2) is 0 Å². The molecule has 0 bridgehead atoms. The second kappa shape index (κ2) is 6.94. The largest absolute Gasteiger partial charge is 0.466 e. The Kier molecular flexibility index (Phi) is 5.27. The molecule has 8 nitrogen and oxygen atoms in total. The van der Waals surface area contributed by atoms with Crippen LogP contribution in [0.25, 0.3) is 0 Å². The predicted octanol–water partition coefficient (Wildman–Crippen LogP) is 0.991. The molecule has 0 unspecified atom stereocenters. The number of rotatable bonds is 6. The molecule has 0 radical (unpaired) electrons. The van der Waals surface area contributed by atoms with Crippen LogP contribution in [0.5, 0.6) is 0 Å². The Hall–Kier alpha value is -2.64. The molecule has 0 atom stereocenters. The molecule has 0 saturated heterocycles. The first-order valence-electron chi connectivity index (χ1n) is 5.48. The zero-order chi connectivity index (χ0) is 14.3. The summed E-state index contributed by atoms with van der Waals surface area (Å²) in [4.78, 5) is 32.2. The molecule has 0 aliphatic heterocycles. The minimum absolute atomic E-state index is 0.0524. The quantitative estimate of drug-likeness (QED) is 0.344. The fourth-order valence-electron chi connectivity index (χ4n) is 1.20. The number of nitro groups is 1. The van der Waals surface area contributed by atoms with Gasteiger partial charge in [0.25, 0.3) is 5.69 Å². The summed E-state index contributed by atoms with van der Waals surface area (Å²) in [6, 6.07) is 5.45. The lowest BCUT2D eigenvalue weighted by Crippen LogP contribution is -2.31. The molecular formula is C11H13N3O5. The van der Waals surface area contributed by atoms with Crippen LogP contribution in [0, 0.1) is 10.1 Å². The third-order valence-electron chi connectivity index (χ3n) is 2.03. The Bertz CT molecular complexity index is 472. The van der Waals surface area contributed by atoms with Gasteiger partial charge in [-0.05, 0) is 19.1 Å². The van der Waals surface area contributed by atoms with E-state index in [-0.39, 0.29) is 12.3 Å². The summed E-state index contributed by atoms with van der Waals surface area (Å²) in [5.74, 6) is -1.18. The van der Waals surface area contributed by atoms with Gasteiger partial charge in [0.05, 0.1) is 17.2 Å². The smallest absolute Gasteiger partial charge is 0.315 e. The number of carbonyl (C=O) groups excluding carboxylic acids is 2. The van der Waals surface area contributed by atoms with Gasteiger partial charge in [-0.3, -0.25) is 30.6 Å². The van der Waals surface area contributed by atoms with Gasteiger partial charge in [-0.1, -0.05) is 0 Å². The van der Waals surface area contributed by atoms with Crippen molar-refractivity contribution in [3.63, 3.8) is 0 Å². The molecular weight excluding hydrogens is 254 g/mol. The highest BCUT2D eigenvalue weighted by Gasteiger charge is 2.09. The number of nitro benzene ring substituents is 1. The van der Waals surface area contributed by atoms with Crippen LogP contribution in [0.4, 0.5) is 11.4 Å². The molecule has 1 amide bonds. The van der Waals surface area contributed by atoms with E-state index in [4.69, 9.17) is 0 Å². The van der Waals surface area contributed by atoms with Crippen LogP contribution in [0.1, 0.15) is 13.3 Å². The number of benzene rings is 1. The minimum atomic E-state index is -0.620. The molecule has 19 heavy (non-hydrogen) atoms. The van der Waals surface area contributed by atoms with Gasteiger partial charge in [0, 0.05) is 12.1 Å². The summed E-state index contributed by atoms with van der Waals surface area (Å²) in [5.41, 5.74) is 5.21. The standard InChI is InChI=1S/C11H13N3O5/c1-2-19-11(16)7-10(15)13-12-8-3-5-9(6-4-8)14(17)18/h3-6,12H,2,7H2,1H3,(H,13,15). The Morgan fingerprint density at radius 3 is 2.47 bits per heavy atom. The Morgan fingerprint density at radius 1 is 1.32 bits per heavy atom. The first-order chi connectivity index (χ1) is 9.02. The van der Waals surface area contributed by atoms with E-state index in [1.165, 1.54) is 24.3 Å². The van der Waals surface area contributed by atoms with Gasteiger partial charge in [-0.2, -0.15) is 0 Å². The Balaban J connectivity index is 2.42. The highest BCUT2D eigenvalue weighted by atomic mass is 16.6. The van der Waals surface area contributed by atoms with Crippen molar-refractivity contribution in [1.29, 1.82) is 0 Å². The van der Waals surface area contributed by atoms with Crippen molar-refractivity contribution in [3.8, 4) is 0 Å². The first kappa shape index (κ1) is 14.4. The number of anilines is 1. The molecule has 0 heterocycles. The van der Waals surface area contributed by atoms with Gasteiger partial charge < -0.3 is 4.74 Å². The van der Waals surface area contributed by atoms with Crippen molar-refractivity contribution < 1.29 is 19.2 Å². The number of hydrogen-bond donors (Lipinski definition) is 2. The van der Waals surface area contributed by atoms with Crippen molar-refractivity contribution in [2.24, 2.45) is 0 Å². The van der Waals surface area contributed by atoms with Crippen LogP contribution in [-0.2, 0) is 14.3 Å². The van der Waals surface area contributed by atoms with Crippen LogP contribution >= 0.6 is 0 Å². The lowest BCUT2D eigenvalue weighted by atomic mass is 10.3. The fraction of sp³-hybridized carbons (Fsp3) is 0.273. The van der Waals surface area contributed by atoms with E-state index in [1.807, 2.05) is 0 Å². The summed E-state index contributed by atoms with van der Waals surface area (Å²) in [6.07, 6.45) is -0.395. The molecule has 8 heteroatoms. The van der Waals surface area contributed by atoms with E-state index in [0.717, 1.165) is 0 Å². The van der Waals surface area contributed by atoms with Crippen LogP contribution in [0.15, 0.2) is 24.3 Å². The molecule has 0 fully saturated rings. The van der Waals surface area contributed by atoms with Gasteiger partial charge in [-0.25, -0.2) is 0 Å². The third kappa shape index (κ3) is 5.02. The number of hydrogen-bond acceptors (Lipinski definition) is 6. The molecule has 1 rings (SSSR count). The molecule has 0 saturated carbocycles. The molecule has 1 aromatic carbocycles. The SMILES string of the molecule is CCOC(=O)CC(=O)NNc1ccc([N+](=O)[O-])cc1. The number of nitrogens with zero attached hydrogens (tertiary/aromatic N) is 1. The number of carbonyl (C=O) groups is 2. The molecule has 0 aliphatic carbocycles. The van der Waals surface area contributed by atoms with E-state index in [2.05, 4.69) is 15.6 Å². The number of non-ortho nitro benzene ring substituents is 1. The second-order valence-corrected chi connectivity index (χ2v) is 3.46. The summed E-state index contributed by atoms with van der Waals surface area (Å²) in [5, 5.41) is 10.4. The van der Waals surface area contributed by atoms with Gasteiger partial charge in [0.2, 0.25) is 5.91 Å². The number of amides is 1. The molecule has 0 aromatic heterocycles. The zero-order valence-electron chi connectivity index (χ0n) is 10.2. The fourth-order valence-corrected chi connectivity index (χ4v) is 1.20. The topological polar surface area (TPSA) is 111 Å². The maximum absolute atomic E-state index is 11.3. The van der Waals surface area contributed by atoms with Crippen molar-refractivity contribution >= 4 is 23.3 Å². The Labute approximate surface area is 108 Å². The normalized spacial score (nSPS) is 9.53. The van der Waals surface area contributed by atoms with E-state index in [9.17, 15) is 19.7 Å². The van der Waals surface area contributed by atoms with Crippen molar-refractivity contribution in [2.45, 2.75) is 13.3 Å². The lowest BCUT2D eigenvalue weighted by Gasteiger charge is -2.07. The summed E-state index contributed by atoms with van der Waals surface area (Å²) < 4.78 is 4.60. The maximum Gasteiger partial charge on any atom is 0.315 e. The highest BCUT2D eigenvalue weighted by molar-refractivity contribution is 5.94. The van der Waals surface area contributed by atoms with Gasteiger partial charge >= 0.3 is 5.97 Å². The van der Waals surface area contributed by atoms with Crippen LogP contribution in [-0.4, -0.2) is 23.4 Å². The summed E-state index contributed by atoms with van der Waals surface area (Å²) in [6.45, 7) is 1.85. The third-order valence-corrected chi connectivity index (χ3v) is 2.03. The average Bonchev–Trinajstić information content (AvgIpc) is 2.37. The van der Waals surface area contributed by atoms with E-state index >= 15 is 0 Å². The lowest BCUT2D eigenvalue weighted by molar-refractivity contribution is -0.384. The average molecular weight is 267 g/mol. The van der Waals surface area contributed by atoms with E-state index in [0.29, 0.717) is 5.69 Å². The Morgan fingerprint density at radius 2 is 1.95 bits per heavy atom. The summed E-state index contributed by atoms with van der Waals surface area (Å²) in [7, 11) is 0. The van der Waals surface area contributed by atoms with E-state index < -0.39 is 23.2 Å². The van der Waals surface area contributed by atoms with Crippen LogP contribution < -0.4 is 10.9 Å². The highest BCUT2D eigenvalue weighted by Crippen LogP contribution is 2.14. The van der Waals surface area contributed by atoms with Crippen molar-refractivity contribution in [3.05, 3.63) is 34.4 Å². The van der Waals surface area contributed by atoms with Crippen LogP contribution in [0.3, 0.4) is 0 Å². The summed E-state index contributed by atoms with van der Waals surface area (Å²) >= 11 is 0. The maximum atomic E-state index is 11.3. The first-order valence-corrected chi connectivity index (χ1v) is 5.48. The number of nitrogens with one attached hydrogen (secondary N) is 2. The molecule has 102 valence electrons. The molecule has 0 aliphatic rings. The molecule has 2 N–H and O–H groups in total. The zero-order valence-corrected chi connectivity index (χ0v) is 10.2. The van der Waals surface area contributed by atoms with Gasteiger partial charge in [0.1, 0.15) is 6.42 Å². The molecule has 1 aromatic rings.